The van der Waals surface area contributed by atoms with Crippen molar-refractivity contribution < 1.29 is 19.1 Å². The van der Waals surface area contributed by atoms with E-state index in [-0.39, 0.29) is 17.7 Å². The summed E-state index contributed by atoms with van der Waals surface area (Å²) in [6, 6.07) is -1.61. The molecule has 3 N–H and O–H groups in total. The second-order valence-electron chi connectivity index (χ2n) is 6.27. The molecule has 0 heterocycles. The number of ether oxygens (including phenoxy) is 1. The van der Waals surface area contributed by atoms with Crippen molar-refractivity contribution in [3.63, 3.8) is 0 Å². The van der Waals surface area contributed by atoms with Crippen LogP contribution in [0, 0.1) is 0 Å². The Hall–Kier alpha value is -1.44. The molecule has 0 bridgehead atoms. The molecule has 8 heteroatoms. The topological polar surface area (TPSA) is 96.5 Å². The Kier molecular flexibility index (Phi) is 8.29. The maximum Gasteiger partial charge on any atom is 0.408 e. The van der Waals surface area contributed by atoms with Crippen molar-refractivity contribution in [2.45, 2.75) is 65.3 Å². The first-order valence-electron chi connectivity index (χ1n) is 7.17. The second kappa shape index (κ2) is 8.87. The van der Waals surface area contributed by atoms with Crippen LogP contribution in [0.4, 0.5) is 4.79 Å². The fraction of sp³-hybridized carbons (Fsp3) is 0.786. The lowest BCUT2D eigenvalue weighted by Crippen LogP contribution is -2.54. The monoisotopic (exact) mass is 333 g/mol. The van der Waals surface area contributed by atoms with E-state index >= 15 is 0 Å². The third kappa shape index (κ3) is 8.76. The first-order valence-corrected chi connectivity index (χ1v) is 7.80. The highest BCUT2D eigenvalue weighted by molar-refractivity contribution is 7.80. The second-order valence-corrected chi connectivity index (χ2v) is 6.64. The van der Waals surface area contributed by atoms with Gasteiger partial charge < -0.3 is 20.7 Å². The van der Waals surface area contributed by atoms with E-state index in [1.54, 1.807) is 27.7 Å². The van der Waals surface area contributed by atoms with Gasteiger partial charge in [-0.15, -0.1) is 0 Å². The normalized spacial score (nSPS) is 14.0. The van der Waals surface area contributed by atoms with Crippen LogP contribution in [0.25, 0.3) is 0 Å². The Balaban J connectivity index is 4.53. The van der Waals surface area contributed by atoms with Crippen molar-refractivity contribution in [3.8, 4) is 0 Å². The molecule has 0 saturated carbocycles. The van der Waals surface area contributed by atoms with Crippen LogP contribution in [0.15, 0.2) is 0 Å². The van der Waals surface area contributed by atoms with Gasteiger partial charge in [-0.05, 0) is 41.5 Å². The van der Waals surface area contributed by atoms with E-state index in [1.807, 2.05) is 13.8 Å². The number of nitrogens with one attached hydrogen (secondary N) is 3. The zero-order valence-corrected chi connectivity index (χ0v) is 14.9. The van der Waals surface area contributed by atoms with E-state index in [4.69, 9.17) is 4.74 Å². The van der Waals surface area contributed by atoms with E-state index in [0.29, 0.717) is 0 Å². The zero-order valence-electron chi connectivity index (χ0n) is 14.0. The number of hydrogen-bond donors (Lipinski definition) is 4. The molecule has 0 saturated heterocycles. The van der Waals surface area contributed by atoms with Gasteiger partial charge in [0.15, 0.2) is 0 Å². The Labute approximate surface area is 137 Å². The van der Waals surface area contributed by atoms with E-state index in [9.17, 15) is 14.4 Å². The zero-order chi connectivity index (χ0) is 17.5. The van der Waals surface area contributed by atoms with Gasteiger partial charge >= 0.3 is 6.09 Å². The van der Waals surface area contributed by atoms with Crippen LogP contribution < -0.4 is 16.0 Å². The van der Waals surface area contributed by atoms with Crippen molar-refractivity contribution in [1.29, 1.82) is 0 Å². The summed E-state index contributed by atoms with van der Waals surface area (Å²) in [4.78, 5) is 35.5. The summed E-state index contributed by atoms with van der Waals surface area (Å²) >= 11 is 4.04. The summed E-state index contributed by atoms with van der Waals surface area (Å²) in [7, 11) is 0. The van der Waals surface area contributed by atoms with Crippen LogP contribution in [-0.2, 0) is 14.3 Å². The van der Waals surface area contributed by atoms with E-state index in [0.717, 1.165) is 0 Å². The van der Waals surface area contributed by atoms with Gasteiger partial charge in [0.05, 0.1) is 0 Å². The fourth-order valence-electron chi connectivity index (χ4n) is 1.43. The molecular weight excluding hydrogens is 306 g/mol. The minimum Gasteiger partial charge on any atom is -0.444 e. The van der Waals surface area contributed by atoms with Gasteiger partial charge in [-0.25, -0.2) is 4.79 Å². The lowest BCUT2D eigenvalue weighted by molar-refractivity contribution is -0.129. The van der Waals surface area contributed by atoms with Gasteiger partial charge in [-0.3, -0.25) is 9.59 Å². The number of carbonyl (C=O) groups is 3. The van der Waals surface area contributed by atoms with Crippen LogP contribution in [0.2, 0.25) is 0 Å². The van der Waals surface area contributed by atoms with Crippen molar-refractivity contribution >= 4 is 30.5 Å². The van der Waals surface area contributed by atoms with Crippen molar-refractivity contribution in [2.24, 2.45) is 0 Å². The number of hydrogen-bond acceptors (Lipinski definition) is 5. The maximum absolute atomic E-state index is 12.1. The molecule has 0 aromatic heterocycles. The molecule has 3 amide bonds. The highest BCUT2D eigenvalue weighted by Gasteiger charge is 2.25. The Morgan fingerprint density at radius 3 is 1.95 bits per heavy atom. The first-order chi connectivity index (χ1) is 9.96. The molecule has 0 aliphatic heterocycles. The summed E-state index contributed by atoms with van der Waals surface area (Å²) in [6.45, 7) is 10.4. The predicted molar refractivity (Wildman–Crippen MR) is 87.9 cm³/mol. The van der Waals surface area contributed by atoms with Crippen molar-refractivity contribution in [3.05, 3.63) is 0 Å². The quantitative estimate of drug-likeness (QED) is 0.542. The molecule has 0 unspecified atom stereocenters. The minimum absolute atomic E-state index is 0.0209. The molecule has 0 rings (SSSR count). The third-order valence-corrected chi connectivity index (χ3v) is 2.74. The van der Waals surface area contributed by atoms with Crippen molar-refractivity contribution in [1.82, 2.24) is 16.0 Å². The highest BCUT2D eigenvalue weighted by atomic mass is 32.1. The standard InChI is InChI=1S/C14H27N3O4S/c1-8(2)15-11(18)9(3)16-12(19)10(7-22)17-13(20)21-14(4,5)6/h8-10,22H,7H2,1-6H3,(H,15,18)(H,16,19)(H,17,20)/t9-,10-/m0/s1. The molecule has 2 atom stereocenters. The average molecular weight is 333 g/mol. The van der Waals surface area contributed by atoms with E-state index in [1.165, 1.54) is 0 Å². The Morgan fingerprint density at radius 2 is 1.55 bits per heavy atom. The summed E-state index contributed by atoms with van der Waals surface area (Å²) < 4.78 is 5.08. The molecule has 0 radical (unpaired) electrons. The van der Waals surface area contributed by atoms with E-state index in [2.05, 4.69) is 28.6 Å². The average Bonchev–Trinajstić information content (AvgIpc) is 2.32. The van der Waals surface area contributed by atoms with Gasteiger partial charge in [0, 0.05) is 11.8 Å². The molecule has 7 nitrogen and oxygen atoms in total. The van der Waals surface area contributed by atoms with Gasteiger partial charge in [0.2, 0.25) is 11.8 Å². The summed E-state index contributed by atoms with van der Waals surface area (Å²) in [5.74, 6) is -0.699. The summed E-state index contributed by atoms with van der Waals surface area (Å²) in [5, 5.41) is 7.65. The minimum atomic E-state index is -0.882. The molecule has 0 aromatic carbocycles. The number of thiol groups is 1. The molecule has 0 aliphatic rings. The van der Waals surface area contributed by atoms with Crippen LogP contribution in [-0.4, -0.2) is 47.4 Å². The summed E-state index contributed by atoms with van der Waals surface area (Å²) in [6.07, 6.45) is -0.707. The van der Waals surface area contributed by atoms with Crippen LogP contribution in [0.5, 0.6) is 0 Å². The largest absolute Gasteiger partial charge is 0.444 e. The smallest absolute Gasteiger partial charge is 0.408 e. The van der Waals surface area contributed by atoms with Gasteiger partial charge in [0.25, 0.3) is 0 Å². The summed E-state index contributed by atoms with van der Waals surface area (Å²) in [5.41, 5.74) is -0.661. The van der Waals surface area contributed by atoms with Crippen LogP contribution >= 0.6 is 12.6 Å². The van der Waals surface area contributed by atoms with Crippen LogP contribution in [0.1, 0.15) is 41.5 Å². The third-order valence-electron chi connectivity index (χ3n) is 2.37. The number of amides is 3. The molecule has 0 aromatic rings. The maximum atomic E-state index is 12.1. The molecule has 0 aliphatic carbocycles. The molecule has 0 spiro atoms. The molecule has 0 fully saturated rings. The van der Waals surface area contributed by atoms with Gasteiger partial charge in [-0.1, -0.05) is 0 Å². The lowest BCUT2D eigenvalue weighted by Gasteiger charge is -2.23. The molecular formula is C14H27N3O4S. The lowest BCUT2D eigenvalue weighted by atomic mass is 10.2. The molecule has 22 heavy (non-hydrogen) atoms. The van der Waals surface area contributed by atoms with Gasteiger partial charge in [0.1, 0.15) is 17.7 Å². The number of carbonyl (C=O) groups excluding carboxylic acids is 3. The first kappa shape index (κ1) is 20.6. The van der Waals surface area contributed by atoms with E-state index < -0.39 is 29.7 Å². The Bertz CT molecular complexity index is 407. The Morgan fingerprint density at radius 1 is 1.00 bits per heavy atom. The SMILES string of the molecule is CC(C)NC(=O)[C@H](C)NC(=O)[C@H](CS)NC(=O)OC(C)(C)C. The number of rotatable bonds is 6. The van der Waals surface area contributed by atoms with Crippen LogP contribution in [0.3, 0.4) is 0 Å². The number of alkyl carbamates (subject to hydrolysis) is 1. The highest BCUT2D eigenvalue weighted by Crippen LogP contribution is 2.07. The molecule has 128 valence electrons. The fourth-order valence-corrected chi connectivity index (χ4v) is 1.69. The van der Waals surface area contributed by atoms with Gasteiger partial charge in [-0.2, -0.15) is 12.6 Å². The predicted octanol–water partition coefficient (Wildman–Crippen LogP) is 0.839. The van der Waals surface area contributed by atoms with Crippen molar-refractivity contribution in [2.75, 3.05) is 5.75 Å².